The van der Waals surface area contributed by atoms with Crippen molar-refractivity contribution in [1.82, 2.24) is 9.97 Å². The van der Waals surface area contributed by atoms with Gasteiger partial charge in [0, 0.05) is 55.5 Å². The van der Waals surface area contributed by atoms with Gasteiger partial charge in [-0.05, 0) is 74.3 Å². The highest BCUT2D eigenvalue weighted by molar-refractivity contribution is 5.69. The first-order valence-corrected chi connectivity index (χ1v) is 14.0. The van der Waals surface area contributed by atoms with Crippen molar-refractivity contribution in [3.05, 3.63) is 69.9 Å². The Bertz CT molecular complexity index is 1300. The molecule has 3 fully saturated rings. The highest BCUT2D eigenvalue weighted by Gasteiger charge is 2.47. The predicted octanol–water partition coefficient (Wildman–Crippen LogP) is 6.51. The first-order chi connectivity index (χ1) is 17.8. The second-order valence-corrected chi connectivity index (χ2v) is 11.7. The van der Waals surface area contributed by atoms with Crippen LogP contribution in [0, 0.1) is 20.8 Å². The first-order valence-electron chi connectivity index (χ1n) is 14.0. The van der Waals surface area contributed by atoms with Gasteiger partial charge in [0.25, 0.3) is 0 Å². The monoisotopic (exact) mass is 496 g/mol. The van der Waals surface area contributed by atoms with Crippen LogP contribution in [0.3, 0.4) is 0 Å². The van der Waals surface area contributed by atoms with E-state index in [2.05, 4.69) is 80.8 Å². The number of methoxy groups -OCH3 is 1. The van der Waals surface area contributed by atoms with Crippen LogP contribution in [-0.4, -0.2) is 41.8 Å². The molecule has 1 unspecified atom stereocenters. The van der Waals surface area contributed by atoms with Gasteiger partial charge in [0.15, 0.2) is 5.82 Å². The van der Waals surface area contributed by atoms with Crippen LogP contribution in [0.2, 0.25) is 0 Å². The molecule has 4 heterocycles. The Hall–Kier alpha value is -2.92. The van der Waals surface area contributed by atoms with Crippen LogP contribution in [0.4, 0.5) is 11.5 Å². The van der Waals surface area contributed by atoms with E-state index in [-0.39, 0.29) is 0 Å². The van der Waals surface area contributed by atoms with E-state index in [4.69, 9.17) is 14.7 Å². The molecule has 4 aliphatic rings. The summed E-state index contributed by atoms with van der Waals surface area (Å²) in [6.07, 6.45) is 4.73. The third-order valence-corrected chi connectivity index (χ3v) is 8.96. The van der Waals surface area contributed by atoms with Crippen LogP contribution in [0.1, 0.15) is 72.5 Å². The molecule has 3 aliphatic heterocycles. The molecule has 3 aromatic rings. The fraction of sp³-hybridized carbons (Fsp3) is 0.500. The van der Waals surface area contributed by atoms with E-state index in [1.165, 1.54) is 57.0 Å². The summed E-state index contributed by atoms with van der Waals surface area (Å²) in [7, 11) is 1.86. The molecule has 0 spiro atoms. The largest absolute Gasteiger partial charge is 0.381 e. The van der Waals surface area contributed by atoms with Crippen molar-refractivity contribution in [2.45, 2.75) is 91.0 Å². The van der Waals surface area contributed by atoms with Crippen LogP contribution >= 0.6 is 0 Å². The number of aromatic nitrogens is 2. The Kier molecular flexibility index (Phi) is 6.22. The lowest BCUT2D eigenvalue weighted by molar-refractivity contribution is 0.0241. The molecule has 5 nitrogen and oxygen atoms in total. The minimum atomic E-state index is 0.369. The second kappa shape index (κ2) is 9.43. The van der Waals surface area contributed by atoms with Crippen LogP contribution in [0.25, 0.3) is 11.4 Å². The van der Waals surface area contributed by atoms with Crippen molar-refractivity contribution in [3.8, 4) is 11.4 Å². The van der Waals surface area contributed by atoms with Crippen molar-refractivity contribution >= 4 is 11.5 Å². The molecule has 1 saturated carbocycles. The average Bonchev–Trinajstić information content (AvgIpc) is 2.88. The Morgan fingerprint density at radius 1 is 0.919 bits per heavy atom. The number of ether oxygens (including phenoxy) is 1. The molecule has 0 amide bonds. The molecule has 194 valence electrons. The van der Waals surface area contributed by atoms with Crippen LogP contribution in [0.5, 0.6) is 0 Å². The SMILES string of the molecule is COC1C[C@@H]2C[C@H](C1)N2c1nc(-c2c(C)cccc2C)nc2c1CN(c1cc(C(C)C)ccc1C)CC2. The minimum Gasteiger partial charge on any atom is -0.381 e. The number of rotatable bonds is 5. The zero-order valence-corrected chi connectivity index (χ0v) is 23.2. The lowest BCUT2D eigenvalue weighted by Crippen LogP contribution is -2.63. The van der Waals surface area contributed by atoms with Crippen molar-refractivity contribution in [3.63, 3.8) is 0 Å². The van der Waals surface area contributed by atoms with E-state index in [0.717, 1.165) is 38.2 Å². The molecule has 2 bridgehead atoms. The first kappa shape index (κ1) is 24.4. The summed E-state index contributed by atoms with van der Waals surface area (Å²) < 4.78 is 5.76. The Labute approximate surface area is 221 Å². The molecule has 0 N–H and O–H groups in total. The maximum Gasteiger partial charge on any atom is 0.162 e. The summed E-state index contributed by atoms with van der Waals surface area (Å²) in [6.45, 7) is 13.0. The zero-order valence-electron chi connectivity index (χ0n) is 23.2. The number of benzene rings is 2. The van der Waals surface area contributed by atoms with Crippen molar-refractivity contribution in [2.24, 2.45) is 0 Å². The molecular formula is C32H40N4O. The van der Waals surface area contributed by atoms with E-state index >= 15 is 0 Å². The van der Waals surface area contributed by atoms with Crippen molar-refractivity contribution in [2.75, 3.05) is 23.5 Å². The molecule has 7 rings (SSSR count). The Morgan fingerprint density at radius 2 is 1.65 bits per heavy atom. The normalized spacial score (nSPS) is 22.7. The van der Waals surface area contributed by atoms with Gasteiger partial charge in [-0.3, -0.25) is 0 Å². The van der Waals surface area contributed by atoms with Gasteiger partial charge in [0.1, 0.15) is 5.82 Å². The molecule has 2 aromatic carbocycles. The lowest BCUT2D eigenvalue weighted by atomic mass is 9.77. The molecule has 0 radical (unpaired) electrons. The van der Waals surface area contributed by atoms with Crippen LogP contribution in [-0.2, 0) is 17.7 Å². The third kappa shape index (κ3) is 4.21. The van der Waals surface area contributed by atoms with E-state index in [1.807, 2.05) is 7.11 Å². The van der Waals surface area contributed by atoms with E-state index in [9.17, 15) is 0 Å². The fourth-order valence-electron chi connectivity index (χ4n) is 6.78. The fourth-order valence-corrected chi connectivity index (χ4v) is 6.78. The molecule has 37 heavy (non-hydrogen) atoms. The predicted molar refractivity (Wildman–Crippen MR) is 152 cm³/mol. The summed E-state index contributed by atoms with van der Waals surface area (Å²) in [5.41, 5.74) is 10.3. The molecule has 2 saturated heterocycles. The topological polar surface area (TPSA) is 41.5 Å². The molecular weight excluding hydrogens is 456 g/mol. The van der Waals surface area contributed by atoms with Gasteiger partial charge in [0.2, 0.25) is 0 Å². The van der Waals surface area contributed by atoms with Gasteiger partial charge >= 0.3 is 0 Å². The number of piperidine rings is 1. The van der Waals surface area contributed by atoms with Crippen LogP contribution < -0.4 is 9.80 Å². The Morgan fingerprint density at radius 3 is 2.32 bits per heavy atom. The van der Waals surface area contributed by atoms with Gasteiger partial charge in [0.05, 0.1) is 11.8 Å². The third-order valence-electron chi connectivity index (χ3n) is 8.96. The molecule has 1 aliphatic carbocycles. The standard InChI is InChI=1S/C32H40N4O/c1-19(2)23-11-10-20(3)29(14-23)35-13-12-28-27(18-35)32(36-24-15-25(36)17-26(16-24)37-6)34-31(33-28)30-21(4)8-7-9-22(30)5/h7-11,14,19,24-26H,12-13,15-18H2,1-6H3/t24-,25+,26?. The quantitative estimate of drug-likeness (QED) is 0.403. The van der Waals surface area contributed by atoms with Crippen LogP contribution in [0.15, 0.2) is 36.4 Å². The van der Waals surface area contributed by atoms with Crippen molar-refractivity contribution < 1.29 is 4.74 Å². The zero-order chi connectivity index (χ0) is 25.8. The number of hydrogen-bond donors (Lipinski definition) is 0. The second-order valence-electron chi connectivity index (χ2n) is 11.7. The summed E-state index contributed by atoms with van der Waals surface area (Å²) in [5, 5.41) is 0. The Balaban J connectivity index is 1.44. The summed E-state index contributed by atoms with van der Waals surface area (Å²) >= 11 is 0. The van der Waals surface area contributed by atoms with Gasteiger partial charge in [-0.25, -0.2) is 9.97 Å². The van der Waals surface area contributed by atoms with E-state index in [1.54, 1.807) is 0 Å². The number of anilines is 2. The number of nitrogens with zero attached hydrogens (tertiary/aromatic N) is 4. The average molecular weight is 497 g/mol. The van der Waals surface area contributed by atoms with E-state index < -0.39 is 0 Å². The van der Waals surface area contributed by atoms with Gasteiger partial charge in [-0.2, -0.15) is 0 Å². The van der Waals surface area contributed by atoms with Gasteiger partial charge in [-0.1, -0.05) is 44.2 Å². The number of hydrogen-bond acceptors (Lipinski definition) is 5. The maximum absolute atomic E-state index is 5.76. The smallest absolute Gasteiger partial charge is 0.162 e. The molecule has 5 heteroatoms. The summed E-state index contributed by atoms with van der Waals surface area (Å²) in [5.74, 6) is 2.58. The number of aryl methyl sites for hydroxylation is 3. The minimum absolute atomic E-state index is 0.369. The molecule has 3 atom stereocenters. The van der Waals surface area contributed by atoms with E-state index in [0.29, 0.717) is 24.1 Å². The maximum atomic E-state index is 5.76. The lowest BCUT2D eigenvalue weighted by Gasteiger charge is -2.56. The molecule has 1 aromatic heterocycles. The summed E-state index contributed by atoms with van der Waals surface area (Å²) in [4.78, 5) is 15.8. The summed E-state index contributed by atoms with van der Waals surface area (Å²) in [6, 6.07) is 14.5. The van der Waals surface area contributed by atoms with Gasteiger partial charge < -0.3 is 14.5 Å². The van der Waals surface area contributed by atoms with Gasteiger partial charge in [-0.15, -0.1) is 0 Å². The highest BCUT2D eigenvalue weighted by atomic mass is 16.5. The highest BCUT2D eigenvalue weighted by Crippen LogP contribution is 2.45. The van der Waals surface area contributed by atoms with Crippen molar-refractivity contribution in [1.29, 1.82) is 0 Å². The number of fused-ring (bicyclic) bond motifs is 3.